The average molecular weight is 317 g/mol. The standard InChI is InChI=1S/C13H11ClF2N2O3/c14-7-4-8(15)12(9(16)5-7)18-13(20)17-6-10(19)11-2-1-3-21-11/h1-5,10,19H,6H2,(H2,17,18,20). The molecule has 0 fully saturated rings. The quantitative estimate of drug-likeness (QED) is 0.811. The Morgan fingerprint density at radius 2 is 2.05 bits per heavy atom. The molecule has 1 atom stereocenters. The van der Waals surface area contributed by atoms with Crippen LogP contribution in [-0.2, 0) is 0 Å². The Morgan fingerprint density at radius 1 is 1.38 bits per heavy atom. The molecule has 2 aromatic rings. The third-order valence-electron chi connectivity index (χ3n) is 2.57. The maximum absolute atomic E-state index is 13.5. The van der Waals surface area contributed by atoms with Gasteiger partial charge in [-0.15, -0.1) is 0 Å². The third kappa shape index (κ3) is 3.93. The van der Waals surface area contributed by atoms with Crippen LogP contribution in [0.2, 0.25) is 5.02 Å². The van der Waals surface area contributed by atoms with Crippen LogP contribution in [0.25, 0.3) is 0 Å². The van der Waals surface area contributed by atoms with Gasteiger partial charge in [0.15, 0.2) is 11.6 Å². The molecule has 2 rings (SSSR count). The summed E-state index contributed by atoms with van der Waals surface area (Å²) in [5.41, 5.74) is -0.621. The Balaban J connectivity index is 1.93. The number of amides is 2. The predicted octanol–water partition coefficient (Wildman–Crippen LogP) is 3.07. The minimum Gasteiger partial charge on any atom is -0.467 e. The number of urea groups is 1. The number of aliphatic hydroxyl groups excluding tert-OH is 1. The summed E-state index contributed by atoms with van der Waals surface area (Å²) in [4.78, 5) is 11.5. The molecule has 1 aromatic carbocycles. The third-order valence-corrected chi connectivity index (χ3v) is 2.79. The summed E-state index contributed by atoms with van der Waals surface area (Å²) in [5.74, 6) is -1.73. The van der Waals surface area contributed by atoms with Gasteiger partial charge in [-0.05, 0) is 24.3 Å². The minimum absolute atomic E-state index is 0.121. The van der Waals surface area contributed by atoms with E-state index >= 15 is 0 Å². The van der Waals surface area contributed by atoms with Crippen molar-refractivity contribution in [3.8, 4) is 0 Å². The first-order valence-corrected chi connectivity index (χ1v) is 6.26. The number of hydrogen-bond acceptors (Lipinski definition) is 3. The molecular weight excluding hydrogens is 306 g/mol. The average Bonchev–Trinajstić information content (AvgIpc) is 2.94. The van der Waals surface area contributed by atoms with Crippen LogP contribution in [0.3, 0.4) is 0 Å². The van der Waals surface area contributed by atoms with Gasteiger partial charge in [0.1, 0.15) is 17.6 Å². The van der Waals surface area contributed by atoms with Crippen molar-refractivity contribution in [2.24, 2.45) is 0 Å². The van der Waals surface area contributed by atoms with E-state index in [-0.39, 0.29) is 17.3 Å². The lowest BCUT2D eigenvalue weighted by molar-refractivity contribution is 0.149. The van der Waals surface area contributed by atoms with Crippen molar-refractivity contribution in [1.29, 1.82) is 0 Å². The molecular formula is C13H11ClF2N2O3. The lowest BCUT2D eigenvalue weighted by Crippen LogP contribution is -2.32. The molecule has 1 heterocycles. The first-order chi connectivity index (χ1) is 9.97. The summed E-state index contributed by atoms with van der Waals surface area (Å²) in [6.45, 7) is -0.184. The van der Waals surface area contributed by atoms with Gasteiger partial charge >= 0.3 is 6.03 Å². The summed E-state index contributed by atoms with van der Waals surface area (Å²) >= 11 is 5.47. The fraction of sp³-hybridized carbons (Fsp3) is 0.154. The number of anilines is 1. The van der Waals surface area contributed by atoms with Gasteiger partial charge < -0.3 is 20.2 Å². The molecule has 0 saturated carbocycles. The molecule has 0 saturated heterocycles. The van der Waals surface area contributed by atoms with E-state index in [0.717, 1.165) is 12.1 Å². The highest BCUT2D eigenvalue weighted by Gasteiger charge is 2.15. The van der Waals surface area contributed by atoms with E-state index < -0.39 is 29.5 Å². The predicted molar refractivity (Wildman–Crippen MR) is 72.1 cm³/mol. The molecule has 0 spiro atoms. The van der Waals surface area contributed by atoms with Gasteiger partial charge in [-0.25, -0.2) is 13.6 Å². The van der Waals surface area contributed by atoms with E-state index in [1.165, 1.54) is 12.3 Å². The molecule has 0 aliphatic carbocycles. The highest BCUT2D eigenvalue weighted by atomic mass is 35.5. The fourth-order valence-electron chi connectivity index (χ4n) is 1.59. The number of hydrogen-bond donors (Lipinski definition) is 3. The lowest BCUT2D eigenvalue weighted by atomic mass is 10.2. The van der Waals surface area contributed by atoms with Gasteiger partial charge in [-0.3, -0.25) is 0 Å². The number of halogens is 3. The molecule has 3 N–H and O–H groups in total. The van der Waals surface area contributed by atoms with Crippen LogP contribution >= 0.6 is 11.6 Å². The Labute approximate surface area is 123 Å². The second-order valence-corrected chi connectivity index (χ2v) is 4.55. The van der Waals surface area contributed by atoms with E-state index in [4.69, 9.17) is 16.0 Å². The largest absolute Gasteiger partial charge is 0.467 e. The number of carbonyl (C=O) groups is 1. The van der Waals surface area contributed by atoms with Gasteiger partial charge in [0.2, 0.25) is 0 Å². The topological polar surface area (TPSA) is 74.5 Å². The number of aliphatic hydroxyl groups is 1. The van der Waals surface area contributed by atoms with E-state index in [2.05, 4.69) is 5.32 Å². The monoisotopic (exact) mass is 316 g/mol. The van der Waals surface area contributed by atoms with E-state index in [9.17, 15) is 18.7 Å². The molecule has 8 heteroatoms. The fourth-order valence-corrected chi connectivity index (χ4v) is 1.78. The van der Waals surface area contributed by atoms with Crippen molar-refractivity contribution < 1.29 is 23.1 Å². The molecule has 0 radical (unpaired) electrons. The highest BCUT2D eigenvalue weighted by molar-refractivity contribution is 6.30. The van der Waals surface area contributed by atoms with Crippen LogP contribution in [-0.4, -0.2) is 17.7 Å². The summed E-state index contributed by atoms with van der Waals surface area (Å²) < 4.78 is 31.9. The maximum atomic E-state index is 13.5. The Morgan fingerprint density at radius 3 is 2.62 bits per heavy atom. The van der Waals surface area contributed by atoms with Gasteiger partial charge in [-0.1, -0.05) is 11.6 Å². The van der Waals surface area contributed by atoms with Crippen LogP contribution in [0.15, 0.2) is 34.9 Å². The normalized spacial score (nSPS) is 12.0. The molecule has 0 aliphatic heterocycles. The van der Waals surface area contributed by atoms with E-state index in [1.807, 2.05) is 5.32 Å². The molecule has 1 unspecified atom stereocenters. The van der Waals surface area contributed by atoms with Crippen molar-refractivity contribution in [2.45, 2.75) is 6.10 Å². The molecule has 0 bridgehead atoms. The van der Waals surface area contributed by atoms with Crippen molar-refractivity contribution in [3.05, 3.63) is 52.9 Å². The number of rotatable bonds is 4. The second kappa shape index (κ2) is 6.55. The maximum Gasteiger partial charge on any atom is 0.319 e. The molecule has 21 heavy (non-hydrogen) atoms. The Kier molecular flexibility index (Phi) is 4.77. The van der Waals surface area contributed by atoms with Crippen molar-refractivity contribution in [1.82, 2.24) is 5.32 Å². The second-order valence-electron chi connectivity index (χ2n) is 4.11. The summed E-state index contributed by atoms with van der Waals surface area (Å²) in [6, 6.07) is 3.98. The van der Waals surface area contributed by atoms with Crippen molar-refractivity contribution >= 4 is 23.3 Å². The summed E-state index contributed by atoms with van der Waals surface area (Å²) in [7, 11) is 0. The van der Waals surface area contributed by atoms with Crippen LogP contribution in [0, 0.1) is 11.6 Å². The van der Waals surface area contributed by atoms with Gasteiger partial charge in [0, 0.05) is 5.02 Å². The SMILES string of the molecule is O=C(NCC(O)c1ccco1)Nc1c(F)cc(Cl)cc1F. The number of nitrogens with one attached hydrogen (secondary N) is 2. The zero-order valence-corrected chi connectivity index (χ0v) is 11.3. The molecule has 112 valence electrons. The number of benzene rings is 1. The van der Waals surface area contributed by atoms with Crippen LogP contribution in [0.1, 0.15) is 11.9 Å². The number of furan rings is 1. The molecule has 2 amide bonds. The smallest absolute Gasteiger partial charge is 0.319 e. The summed E-state index contributed by atoms with van der Waals surface area (Å²) in [5, 5.41) is 13.8. The molecule has 1 aromatic heterocycles. The van der Waals surface area contributed by atoms with Crippen molar-refractivity contribution in [3.63, 3.8) is 0 Å². The van der Waals surface area contributed by atoms with Gasteiger partial charge in [-0.2, -0.15) is 0 Å². The first-order valence-electron chi connectivity index (χ1n) is 5.88. The number of carbonyl (C=O) groups excluding carboxylic acids is 1. The van der Waals surface area contributed by atoms with Crippen LogP contribution in [0.5, 0.6) is 0 Å². The molecule has 0 aliphatic rings. The lowest BCUT2D eigenvalue weighted by Gasteiger charge is -2.12. The Hall–Kier alpha value is -2.12. The zero-order valence-electron chi connectivity index (χ0n) is 10.6. The Bertz CT molecular complexity index is 611. The molecule has 5 nitrogen and oxygen atoms in total. The van der Waals surface area contributed by atoms with Gasteiger partial charge in [0.05, 0.1) is 12.8 Å². The first kappa shape index (κ1) is 15.3. The van der Waals surface area contributed by atoms with E-state index in [0.29, 0.717) is 0 Å². The van der Waals surface area contributed by atoms with Crippen LogP contribution in [0.4, 0.5) is 19.3 Å². The van der Waals surface area contributed by atoms with E-state index in [1.54, 1.807) is 6.07 Å². The highest BCUT2D eigenvalue weighted by Crippen LogP contribution is 2.23. The van der Waals surface area contributed by atoms with Gasteiger partial charge in [0.25, 0.3) is 0 Å². The zero-order chi connectivity index (χ0) is 15.4. The van der Waals surface area contributed by atoms with Crippen LogP contribution < -0.4 is 10.6 Å². The van der Waals surface area contributed by atoms with Crippen molar-refractivity contribution in [2.75, 3.05) is 11.9 Å². The minimum atomic E-state index is -1.06. The summed E-state index contributed by atoms with van der Waals surface area (Å²) in [6.07, 6.45) is 0.308.